The van der Waals surface area contributed by atoms with Crippen molar-refractivity contribution in [1.82, 2.24) is 0 Å². The van der Waals surface area contributed by atoms with Gasteiger partial charge < -0.3 is 5.73 Å². The third-order valence-corrected chi connectivity index (χ3v) is 6.52. The van der Waals surface area contributed by atoms with Crippen molar-refractivity contribution in [2.45, 2.75) is 21.6 Å². The first-order chi connectivity index (χ1) is 10.4. The second-order valence-corrected chi connectivity index (χ2v) is 7.86. The fourth-order valence-corrected chi connectivity index (χ4v) is 5.13. The molecule has 0 spiro atoms. The van der Waals surface area contributed by atoms with Crippen LogP contribution in [0.3, 0.4) is 0 Å². The highest BCUT2D eigenvalue weighted by molar-refractivity contribution is 7.92. The van der Waals surface area contributed by atoms with Gasteiger partial charge in [-0.15, -0.1) is 0 Å². The zero-order valence-corrected chi connectivity index (χ0v) is 13.1. The van der Waals surface area contributed by atoms with Crippen LogP contribution in [0.5, 0.6) is 0 Å². The van der Waals surface area contributed by atoms with Crippen molar-refractivity contribution in [1.29, 1.82) is 5.26 Å². The Balaban J connectivity index is 2.04. The van der Waals surface area contributed by atoms with Gasteiger partial charge in [-0.25, -0.2) is 8.42 Å². The zero-order valence-electron chi connectivity index (χ0n) is 11.5. The van der Waals surface area contributed by atoms with Crippen LogP contribution >= 0.6 is 11.6 Å². The molecule has 6 heteroatoms. The highest BCUT2D eigenvalue weighted by Gasteiger charge is 2.70. The Hall–Kier alpha value is -1.87. The van der Waals surface area contributed by atoms with E-state index in [2.05, 4.69) is 0 Å². The molecule has 0 saturated heterocycles. The first kappa shape index (κ1) is 15.0. The fourth-order valence-electron chi connectivity index (χ4n) is 2.83. The molecule has 3 atom stereocenters. The van der Waals surface area contributed by atoms with E-state index in [0.29, 0.717) is 5.02 Å². The number of hydrogen-bond donors (Lipinski definition) is 1. The van der Waals surface area contributed by atoms with Gasteiger partial charge >= 0.3 is 0 Å². The molecule has 1 fully saturated rings. The van der Waals surface area contributed by atoms with Crippen LogP contribution < -0.4 is 5.73 Å². The third-order valence-electron chi connectivity index (χ3n) is 4.01. The Kier molecular flexibility index (Phi) is 3.48. The third kappa shape index (κ3) is 2.20. The predicted molar refractivity (Wildman–Crippen MR) is 84.1 cm³/mol. The second-order valence-electron chi connectivity index (χ2n) is 5.35. The van der Waals surface area contributed by atoms with Gasteiger partial charge in [-0.1, -0.05) is 41.9 Å². The molecule has 4 nitrogen and oxygen atoms in total. The summed E-state index contributed by atoms with van der Waals surface area (Å²) in [4.78, 5) is 0.130. The molecule has 0 unspecified atom stereocenters. The number of rotatable bonds is 3. The lowest BCUT2D eigenvalue weighted by Gasteiger charge is -2.04. The van der Waals surface area contributed by atoms with Gasteiger partial charge in [-0.2, -0.15) is 5.26 Å². The molecule has 1 saturated carbocycles. The maximum atomic E-state index is 12.8. The van der Waals surface area contributed by atoms with Gasteiger partial charge in [0.15, 0.2) is 9.84 Å². The fraction of sp³-hybridized carbons (Fsp3) is 0.188. The van der Waals surface area contributed by atoms with Crippen molar-refractivity contribution >= 4 is 21.4 Å². The van der Waals surface area contributed by atoms with Crippen LogP contribution in [0.1, 0.15) is 11.5 Å². The van der Waals surface area contributed by atoms with E-state index in [1.807, 2.05) is 12.1 Å². The molecule has 1 aliphatic carbocycles. The summed E-state index contributed by atoms with van der Waals surface area (Å²) in [6, 6.07) is 16.9. The van der Waals surface area contributed by atoms with Crippen molar-refractivity contribution < 1.29 is 8.42 Å². The highest BCUT2D eigenvalue weighted by atomic mass is 35.5. The van der Waals surface area contributed by atoms with E-state index in [1.165, 1.54) is 24.3 Å². The van der Waals surface area contributed by atoms with Crippen LogP contribution in [0.15, 0.2) is 59.5 Å². The lowest BCUT2D eigenvalue weighted by molar-refractivity contribution is 0.592. The second kappa shape index (κ2) is 5.10. The first-order valence-electron chi connectivity index (χ1n) is 6.66. The molecule has 0 aliphatic heterocycles. The standard InChI is InChI=1S/C16H13ClN2O2S/c17-12-6-8-13(9-7-12)22(20,21)15-14(16(15,19)10-18)11-4-2-1-3-5-11/h1-9,14-15H,19H2/t14-,15+,16-/m0/s1. The summed E-state index contributed by atoms with van der Waals surface area (Å²) in [5.41, 5.74) is 5.41. The molecule has 1 aliphatic rings. The molecular formula is C16H13ClN2O2S. The predicted octanol–water partition coefficient (Wildman–Crippen LogP) is 2.50. The van der Waals surface area contributed by atoms with Crippen molar-refractivity contribution in [2.75, 3.05) is 0 Å². The van der Waals surface area contributed by atoms with Crippen LogP contribution in [-0.4, -0.2) is 19.2 Å². The molecular weight excluding hydrogens is 320 g/mol. The smallest absolute Gasteiger partial charge is 0.184 e. The van der Waals surface area contributed by atoms with Crippen LogP contribution in [0, 0.1) is 11.3 Å². The van der Waals surface area contributed by atoms with E-state index >= 15 is 0 Å². The Bertz CT molecular complexity index is 844. The zero-order chi connectivity index (χ0) is 16.0. The Morgan fingerprint density at radius 1 is 1.09 bits per heavy atom. The number of nitrogens with two attached hydrogens (primary N) is 1. The molecule has 2 N–H and O–H groups in total. The van der Waals surface area contributed by atoms with Crippen molar-refractivity contribution in [2.24, 2.45) is 5.73 Å². The van der Waals surface area contributed by atoms with E-state index in [-0.39, 0.29) is 4.90 Å². The van der Waals surface area contributed by atoms with E-state index in [4.69, 9.17) is 17.3 Å². The van der Waals surface area contributed by atoms with Crippen LogP contribution in [0.2, 0.25) is 5.02 Å². The van der Waals surface area contributed by atoms with Gasteiger partial charge in [0.1, 0.15) is 10.8 Å². The van der Waals surface area contributed by atoms with Crippen LogP contribution in [-0.2, 0) is 9.84 Å². The lowest BCUT2D eigenvalue weighted by atomic mass is 10.1. The molecule has 22 heavy (non-hydrogen) atoms. The SMILES string of the molecule is N#C[C@@]1(N)[C@H](S(=O)(=O)c2ccc(Cl)cc2)[C@@H]1c1ccccc1. The summed E-state index contributed by atoms with van der Waals surface area (Å²) in [7, 11) is -3.71. The molecule has 0 amide bonds. The number of nitriles is 1. The minimum Gasteiger partial charge on any atom is -0.312 e. The molecule has 3 rings (SSSR count). The Labute approximate surface area is 134 Å². The number of sulfone groups is 1. The molecule has 0 bridgehead atoms. The molecule has 0 aromatic heterocycles. The van der Waals surface area contributed by atoms with Gasteiger partial charge in [0, 0.05) is 10.9 Å². The first-order valence-corrected chi connectivity index (χ1v) is 8.58. The maximum Gasteiger partial charge on any atom is 0.184 e. The van der Waals surface area contributed by atoms with Crippen LogP contribution in [0.4, 0.5) is 0 Å². The van der Waals surface area contributed by atoms with Gasteiger partial charge in [0.25, 0.3) is 0 Å². The molecule has 0 heterocycles. The number of benzene rings is 2. The summed E-state index contributed by atoms with van der Waals surface area (Å²) in [5.74, 6) is -0.528. The number of hydrogen-bond acceptors (Lipinski definition) is 4. The van der Waals surface area contributed by atoms with Gasteiger partial charge in [0.05, 0.1) is 11.0 Å². The molecule has 0 radical (unpaired) electrons. The van der Waals surface area contributed by atoms with E-state index in [0.717, 1.165) is 5.56 Å². The van der Waals surface area contributed by atoms with Crippen molar-refractivity contribution in [3.63, 3.8) is 0 Å². The van der Waals surface area contributed by atoms with Crippen molar-refractivity contribution in [3.8, 4) is 6.07 Å². The lowest BCUT2D eigenvalue weighted by Crippen LogP contribution is -2.29. The minimum absolute atomic E-state index is 0.130. The summed E-state index contributed by atoms with van der Waals surface area (Å²) in [6.45, 7) is 0. The number of halogens is 1. The summed E-state index contributed by atoms with van der Waals surface area (Å²) >= 11 is 5.79. The van der Waals surface area contributed by atoms with Gasteiger partial charge in [0.2, 0.25) is 0 Å². The monoisotopic (exact) mass is 332 g/mol. The van der Waals surface area contributed by atoms with Gasteiger partial charge in [-0.3, -0.25) is 0 Å². The summed E-state index contributed by atoms with van der Waals surface area (Å²) < 4.78 is 25.6. The van der Waals surface area contributed by atoms with Gasteiger partial charge in [-0.05, 0) is 29.8 Å². The largest absolute Gasteiger partial charge is 0.312 e. The average molecular weight is 333 g/mol. The summed E-state index contributed by atoms with van der Waals surface area (Å²) in [6.07, 6.45) is 0. The molecule has 112 valence electrons. The van der Waals surface area contributed by atoms with Crippen molar-refractivity contribution in [3.05, 3.63) is 65.2 Å². The maximum absolute atomic E-state index is 12.8. The number of nitrogens with zero attached hydrogens (tertiary/aromatic N) is 1. The Morgan fingerprint density at radius 2 is 1.68 bits per heavy atom. The Morgan fingerprint density at radius 3 is 2.23 bits per heavy atom. The summed E-state index contributed by atoms with van der Waals surface area (Å²) in [5, 5.41) is 8.86. The van der Waals surface area contributed by atoms with Crippen LogP contribution in [0.25, 0.3) is 0 Å². The van der Waals surface area contributed by atoms with E-state index < -0.39 is 26.5 Å². The topological polar surface area (TPSA) is 83.9 Å². The molecule has 2 aromatic carbocycles. The minimum atomic E-state index is -3.71. The van der Waals surface area contributed by atoms with E-state index in [9.17, 15) is 13.7 Å². The van der Waals surface area contributed by atoms with E-state index in [1.54, 1.807) is 24.3 Å². The molecule has 2 aromatic rings. The average Bonchev–Trinajstić information content (AvgIpc) is 3.16. The highest BCUT2D eigenvalue weighted by Crippen LogP contribution is 2.55. The quantitative estimate of drug-likeness (QED) is 0.936. The normalized spacial score (nSPS) is 27.1.